The summed E-state index contributed by atoms with van der Waals surface area (Å²) in [6, 6.07) is 0. The van der Waals surface area contributed by atoms with Gasteiger partial charge in [-0.2, -0.15) is 0 Å². The molecule has 6 heteroatoms. The molecule has 108 valence electrons. The number of nitrogens with two attached hydrogens (primary N) is 1. The van der Waals surface area contributed by atoms with Crippen LogP contribution in [0.5, 0.6) is 5.88 Å². The van der Waals surface area contributed by atoms with E-state index in [4.69, 9.17) is 22.1 Å². The van der Waals surface area contributed by atoms with Gasteiger partial charge in [-0.3, -0.25) is 0 Å². The monoisotopic (exact) mass is 294 g/mol. The molecule has 0 radical (unpaired) electrons. The molecule has 1 saturated heterocycles. The molecule has 1 fully saturated rings. The van der Waals surface area contributed by atoms with Gasteiger partial charge in [0.2, 0.25) is 5.88 Å². The molecule has 0 atom stereocenters. The van der Waals surface area contributed by atoms with Gasteiger partial charge in [0.05, 0.1) is 0 Å². The number of rotatable bonds is 3. The van der Waals surface area contributed by atoms with Crippen molar-refractivity contribution in [3.8, 4) is 5.88 Å². The van der Waals surface area contributed by atoms with Crippen molar-refractivity contribution < 1.29 is 4.74 Å². The first kappa shape index (κ1) is 13.7. The quantitative estimate of drug-likeness (QED) is 0.732. The average Bonchev–Trinajstić information content (AvgIpc) is 2.31. The Bertz CT molecular complexity index is 561. The number of fused-ring (bicyclic) bond motifs is 1. The van der Waals surface area contributed by atoms with E-state index in [1.807, 2.05) is 19.9 Å². The SMILES string of the molecule is CC(C)(N)c1cnc(OC2CNC2)c2c1C=C(Cl)NC2. The van der Waals surface area contributed by atoms with E-state index in [9.17, 15) is 0 Å². The zero-order chi connectivity index (χ0) is 14.3. The Morgan fingerprint density at radius 3 is 2.80 bits per heavy atom. The van der Waals surface area contributed by atoms with Gasteiger partial charge in [0.25, 0.3) is 0 Å². The Kier molecular flexibility index (Phi) is 3.36. The molecule has 1 aromatic rings. The molecular formula is C14H19ClN4O. The lowest BCUT2D eigenvalue weighted by Crippen LogP contribution is -2.50. The van der Waals surface area contributed by atoms with Gasteiger partial charge in [-0.1, -0.05) is 11.6 Å². The average molecular weight is 295 g/mol. The number of hydrogen-bond donors (Lipinski definition) is 3. The minimum Gasteiger partial charge on any atom is -0.471 e. The maximum Gasteiger partial charge on any atom is 0.219 e. The third-order valence-corrected chi connectivity index (χ3v) is 3.85. The van der Waals surface area contributed by atoms with E-state index in [0.717, 1.165) is 29.8 Å². The fraction of sp³-hybridized carbons (Fsp3) is 0.500. The number of pyridine rings is 1. The molecule has 4 N–H and O–H groups in total. The van der Waals surface area contributed by atoms with Crippen LogP contribution in [0.2, 0.25) is 0 Å². The van der Waals surface area contributed by atoms with Crippen LogP contribution >= 0.6 is 11.6 Å². The van der Waals surface area contributed by atoms with Gasteiger partial charge >= 0.3 is 0 Å². The zero-order valence-electron chi connectivity index (χ0n) is 11.7. The number of nitrogens with zero attached hydrogens (tertiary/aromatic N) is 1. The van der Waals surface area contributed by atoms with Crippen molar-refractivity contribution in [3.63, 3.8) is 0 Å². The van der Waals surface area contributed by atoms with E-state index in [1.165, 1.54) is 0 Å². The molecule has 0 aromatic carbocycles. The maximum atomic E-state index is 6.23. The normalized spacial score (nSPS) is 18.7. The summed E-state index contributed by atoms with van der Waals surface area (Å²) in [5.41, 5.74) is 8.79. The van der Waals surface area contributed by atoms with Crippen molar-refractivity contribution in [1.82, 2.24) is 15.6 Å². The molecule has 0 bridgehead atoms. The highest BCUT2D eigenvalue weighted by molar-refractivity contribution is 6.31. The Morgan fingerprint density at radius 2 is 2.20 bits per heavy atom. The second-order valence-electron chi connectivity index (χ2n) is 5.83. The standard InChI is InChI=1S/C14H19ClN4O/c1-14(2,16)11-7-19-13(20-8-4-17-5-8)10-6-18-12(15)3-9(10)11/h3,7-8,17-18H,4-6,16H2,1-2H3. The summed E-state index contributed by atoms with van der Waals surface area (Å²) < 4.78 is 5.92. The number of hydrogen-bond acceptors (Lipinski definition) is 5. The number of nitrogens with one attached hydrogen (secondary N) is 2. The molecule has 20 heavy (non-hydrogen) atoms. The topological polar surface area (TPSA) is 72.2 Å². The van der Waals surface area contributed by atoms with Crippen molar-refractivity contribution in [2.75, 3.05) is 13.1 Å². The lowest BCUT2D eigenvalue weighted by Gasteiger charge is -2.31. The molecular weight excluding hydrogens is 276 g/mol. The molecule has 5 nitrogen and oxygen atoms in total. The van der Waals surface area contributed by atoms with Gasteiger partial charge in [-0.25, -0.2) is 4.98 Å². The highest BCUT2D eigenvalue weighted by Crippen LogP contribution is 2.33. The van der Waals surface area contributed by atoms with Crippen LogP contribution in [0.25, 0.3) is 6.08 Å². The summed E-state index contributed by atoms with van der Waals surface area (Å²) in [5.74, 6) is 0.674. The highest BCUT2D eigenvalue weighted by Gasteiger charge is 2.27. The van der Waals surface area contributed by atoms with Crippen molar-refractivity contribution >= 4 is 17.7 Å². The van der Waals surface area contributed by atoms with E-state index in [1.54, 1.807) is 6.20 Å². The van der Waals surface area contributed by atoms with Crippen LogP contribution in [-0.4, -0.2) is 24.2 Å². The minimum atomic E-state index is -0.474. The van der Waals surface area contributed by atoms with E-state index in [-0.39, 0.29) is 6.10 Å². The second-order valence-corrected chi connectivity index (χ2v) is 6.24. The summed E-state index contributed by atoms with van der Waals surface area (Å²) in [7, 11) is 0. The molecule has 0 unspecified atom stereocenters. The van der Waals surface area contributed by atoms with Crippen molar-refractivity contribution in [2.24, 2.45) is 5.73 Å². The highest BCUT2D eigenvalue weighted by atomic mass is 35.5. The van der Waals surface area contributed by atoms with Crippen LogP contribution in [0.4, 0.5) is 0 Å². The molecule has 0 saturated carbocycles. The van der Waals surface area contributed by atoms with Gasteiger partial charge in [0.1, 0.15) is 11.3 Å². The molecule has 0 amide bonds. The van der Waals surface area contributed by atoms with E-state index in [2.05, 4.69) is 15.6 Å². The van der Waals surface area contributed by atoms with Crippen LogP contribution < -0.4 is 21.1 Å². The molecule has 3 rings (SSSR count). The first-order valence-corrected chi connectivity index (χ1v) is 7.12. The molecule has 1 aromatic heterocycles. The lowest BCUT2D eigenvalue weighted by molar-refractivity contribution is 0.134. The van der Waals surface area contributed by atoms with Gasteiger partial charge in [-0.05, 0) is 31.1 Å². The van der Waals surface area contributed by atoms with Gasteiger partial charge in [0, 0.05) is 36.9 Å². The first-order valence-electron chi connectivity index (χ1n) is 6.75. The predicted octanol–water partition coefficient (Wildman–Crippen LogP) is 1.27. The van der Waals surface area contributed by atoms with Crippen LogP contribution in [-0.2, 0) is 12.1 Å². The van der Waals surface area contributed by atoms with Gasteiger partial charge < -0.3 is 21.1 Å². The smallest absolute Gasteiger partial charge is 0.219 e. The van der Waals surface area contributed by atoms with Gasteiger partial charge in [0.15, 0.2) is 0 Å². The fourth-order valence-electron chi connectivity index (χ4n) is 2.35. The van der Waals surface area contributed by atoms with E-state index >= 15 is 0 Å². The Hall–Kier alpha value is -1.30. The number of ether oxygens (including phenoxy) is 1. The van der Waals surface area contributed by atoms with Crippen molar-refractivity contribution in [3.05, 3.63) is 28.0 Å². The summed E-state index contributed by atoms with van der Waals surface area (Å²) >= 11 is 6.10. The predicted molar refractivity (Wildman–Crippen MR) is 79.4 cm³/mol. The number of aromatic nitrogens is 1. The fourth-order valence-corrected chi connectivity index (χ4v) is 2.53. The van der Waals surface area contributed by atoms with Crippen molar-refractivity contribution in [2.45, 2.75) is 32.0 Å². The van der Waals surface area contributed by atoms with E-state index in [0.29, 0.717) is 17.6 Å². The Labute approximate surface area is 123 Å². The van der Waals surface area contributed by atoms with Crippen LogP contribution in [0, 0.1) is 0 Å². The molecule has 3 heterocycles. The van der Waals surface area contributed by atoms with Crippen LogP contribution in [0.15, 0.2) is 11.4 Å². The number of halogens is 1. The summed E-state index contributed by atoms with van der Waals surface area (Å²) in [6.07, 6.45) is 3.90. The maximum absolute atomic E-state index is 6.23. The summed E-state index contributed by atoms with van der Waals surface area (Å²) in [6.45, 7) is 6.27. The minimum absolute atomic E-state index is 0.199. The molecule has 2 aliphatic rings. The Balaban J connectivity index is 2.04. The third-order valence-electron chi connectivity index (χ3n) is 3.61. The first-order chi connectivity index (χ1) is 9.45. The molecule has 0 spiro atoms. The second kappa shape index (κ2) is 4.91. The summed E-state index contributed by atoms with van der Waals surface area (Å²) in [5, 5.41) is 6.92. The van der Waals surface area contributed by atoms with Crippen LogP contribution in [0.1, 0.15) is 30.5 Å². The molecule has 0 aliphatic carbocycles. The Morgan fingerprint density at radius 1 is 1.45 bits per heavy atom. The van der Waals surface area contributed by atoms with Gasteiger partial charge in [-0.15, -0.1) is 0 Å². The third kappa shape index (κ3) is 2.49. The zero-order valence-corrected chi connectivity index (χ0v) is 12.4. The largest absolute Gasteiger partial charge is 0.471 e. The van der Waals surface area contributed by atoms with E-state index < -0.39 is 5.54 Å². The van der Waals surface area contributed by atoms with Crippen LogP contribution in [0.3, 0.4) is 0 Å². The summed E-state index contributed by atoms with van der Waals surface area (Å²) in [4.78, 5) is 4.46. The molecule has 2 aliphatic heterocycles. The van der Waals surface area contributed by atoms with Crippen molar-refractivity contribution in [1.29, 1.82) is 0 Å². The lowest BCUT2D eigenvalue weighted by atomic mass is 9.89.